The molecule has 1 fully saturated rings. The summed E-state index contributed by atoms with van der Waals surface area (Å²) in [7, 11) is 0. The van der Waals surface area contributed by atoms with E-state index in [9.17, 15) is 0 Å². The van der Waals surface area contributed by atoms with Crippen LogP contribution < -0.4 is 5.32 Å². The SMILES string of the molecule is CCn1nc(C)cc1CN1CC(C(C)C)NCC1(C)CC. The van der Waals surface area contributed by atoms with E-state index in [4.69, 9.17) is 0 Å². The molecule has 120 valence electrons. The summed E-state index contributed by atoms with van der Waals surface area (Å²) in [5.41, 5.74) is 2.71. The second-order valence-corrected chi connectivity index (χ2v) is 7.06. The smallest absolute Gasteiger partial charge is 0.0597 e. The lowest BCUT2D eigenvalue weighted by Crippen LogP contribution is -2.63. The lowest BCUT2D eigenvalue weighted by molar-refractivity contribution is 0.0296. The fourth-order valence-corrected chi connectivity index (χ4v) is 3.23. The zero-order chi connectivity index (χ0) is 15.6. The topological polar surface area (TPSA) is 33.1 Å². The Morgan fingerprint density at radius 2 is 2.14 bits per heavy atom. The molecule has 0 saturated carbocycles. The summed E-state index contributed by atoms with van der Waals surface area (Å²) in [6, 6.07) is 2.83. The molecular weight excluding hydrogens is 260 g/mol. The van der Waals surface area contributed by atoms with Crippen LogP contribution in [0, 0.1) is 12.8 Å². The van der Waals surface area contributed by atoms with Gasteiger partial charge in [-0.3, -0.25) is 9.58 Å². The average molecular weight is 292 g/mol. The number of nitrogens with zero attached hydrogens (tertiary/aromatic N) is 3. The molecule has 0 aromatic carbocycles. The summed E-state index contributed by atoms with van der Waals surface area (Å²) in [5.74, 6) is 0.673. The van der Waals surface area contributed by atoms with Gasteiger partial charge >= 0.3 is 0 Å². The van der Waals surface area contributed by atoms with Gasteiger partial charge in [0.2, 0.25) is 0 Å². The number of hydrogen-bond acceptors (Lipinski definition) is 3. The summed E-state index contributed by atoms with van der Waals surface area (Å²) in [4.78, 5) is 2.66. The summed E-state index contributed by atoms with van der Waals surface area (Å²) in [6.07, 6.45) is 1.17. The quantitative estimate of drug-likeness (QED) is 0.906. The first kappa shape index (κ1) is 16.5. The number of aryl methyl sites for hydroxylation is 2. The highest BCUT2D eigenvalue weighted by Gasteiger charge is 2.37. The summed E-state index contributed by atoms with van der Waals surface area (Å²) in [6.45, 7) is 17.7. The average Bonchev–Trinajstić information content (AvgIpc) is 2.81. The van der Waals surface area contributed by atoms with Crippen molar-refractivity contribution in [3.05, 3.63) is 17.5 Å². The summed E-state index contributed by atoms with van der Waals surface area (Å²) >= 11 is 0. The maximum Gasteiger partial charge on any atom is 0.0597 e. The van der Waals surface area contributed by atoms with Crippen molar-refractivity contribution >= 4 is 0 Å². The zero-order valence-corrected chi connectivity index (χ0v) is 14.6. The van der Waals surface area contributed by atoms with Crippen LogP contribution in [-0.4, -0.2) is 39.4 Å². The second kappa shape index (κ2) is 6.49. The normalized spacial score (nSPS) is 27.5. The first-order valence-corrected chi connectivity index (χ1v) is 8.41. The van der Waals surface area contributed by atoms with E-state index in [0.717, 1.165) is 31.9 Å². The van der Waals surface area contributed by atoms with Gasteiger partial charge in [-0.25, -0.2) is 0 Å². The van der Waals surface area contributed by atoms with Gasteiger partial charge in [-0.2, -0.15) is 5.10 Å². The highest BCUT2D eigenvalue weighted by atomic mass is 15.3. The number of nitrogens with one attached hydrogen (secondary N) is 1. The van der Waals surface area contributed by atoms with Crippen molar-refractivity contribution in [3.63, 3.8) is 0 Å². The minimum atomic E-state index is 0.238. The standard InChI is InChI=1S/C17H32N4/c1-7-17(6)12-18-16(13(3)4)11-20(17)10-15-9-14(5)19-21(15)8-2/h9,13,16,18H,7-8,10-12H2,1-6H3. The van der Waals surface area contributed by atoms with E-state index in [1.807, 2.05) is 0 Å². The first-order valence-electron chi connectivity index (χ1n) is 8.41. The molecule has 2 rings (SSSR count). The van der Waals surface area contributed by atoms with Crippen LogP contribution in [0.2, 0.25) is 0 Å². The Labute approximate surface area is 129 Å². The molecule has 0 aliphatic carbocycles. The van der Waals surface area contributed by atoms with Gasteiger partial charge in [0.1, 0.15) is 0 Å². The van der Waals surface area contributed by atoms with Gasteiger partial charge in [0.25, 0.3) is 0 Å². The molecule has 0 radical (unpaired) electrons. The molecule has 4 nitrogen and oxygen atoms in total. The van der Waals surface area contributed by atoms with E-state index in [0.29, 0.717) is 12.0 Å². The fraction of sp³-hybridized carbons (Fsp3) is 0.824. The van der Waals surface area contributed by atoms with Crippen molar-refractivity contribution in [2.75, 3.05) is 13.1 Å². The van der Waals surface area contributed by atoms with E-state index in [2.05, 4.69) is 67.6 Å². The van der Waals surface area contributed by atoms with Crippen LogP contribution in [-0.2, 0) is 13.1 Å². The Morgan fingerprint density at radius 3 is 2.71 bits per heavy atom. The molecule has 0 spiro atoms. The van der Waals surface area contributed by atoms with Gasteiger partial charge in [-0.05, 0) is 39.2 Å². The molecule has 1 saturated heterocycles. The van der Waals surface area contributed by atoms with Crippen LogP contribution in [0.25, 0.3) is 0 Å². The highest BCUT2D eigenvalue weighted by Crippen LogP contribution is 2.27. The Hall–Kier alpha value is -0.870. The van der Waals surface area contributed by atoms with Crippen LogP contribution in [0.15, 0.2) is 6.07 Å². The van der Waals surface area contributed by atoms with Crippen molar-refractivity contribution in [2.24, 2.45) is 5.92 Å². The van der Waals surface area contributed by atoms with Crippen molar-refractivity contribution < 1.29 is 0 Å². The lowest BCUT2D eigenvalue weighted by atomic mass is 9.89. The second-order valence-electron chi connectivity index (χ2n) is 7.06. The van der Waals surface area contributed by atoms with E-state index < -0.39 is 0 Å². The molecule has 1 N–H and O–H groups in total. The summed E-state index contributed by atoms with van der Waals surface area (Å²) in [5, 5.41) is 8.34. The van der Waals surface area contributed by atoms with Crippen LogP contribution in [0.3, 0.4) is 0 Å². The molecule has 4 heteroatoms. The third-order valence-electron chi connectivity index (χ3n) is 5.13. The number of piperazine rings is 1. The lowest BCUT2D eigenvalue weighted by Gasteiger charge is -2.49. The van der Waals surface area contributed by atoms with Gasteiger partial charge in [-0.15, -0.1) is 0 Å². The Bertz CT molecular complexity index is 465. The Balaban J connectivity index is 2.20. The van der Waals surface area contributed by atoms with Crippen LogP contribution in [0.4, 0.5) is 0 Å². The molecule has 2 unspecified atom stereocenters. The van der Waals surface area contributed by atoms with Gasteiger partial charge < -0.3 is 5.32 Å². The predicted octanol–water partition coefficient (Wildman–Crippen LogP) is 2.81. The molecule has 0 amide bonds. The number of rotatable bonds is 5. The van der Waals surface area contributed by atoms with Crippen molar-refractivity contribution in [3.8, 4) is 0 Å². The Morgan fingerprint density at radius 1 is 1.43 bits per heavy atom. The van der Waals surface area contributed by atoms with Crippen LogP contribution in [0.1, 0.15) is 52.4 Å². The molecule has 0 bridgehead atoms. The molecular formula is C17H32N4. The van der Waals surface area contributed by atoms with Crippen molar-refractivity contribution in [1.82, 2.24) is 20.0 Å². The maximum absolute atomic E-state index is 4.60. The van der Waals surface area contributed by atoms with E-state index in [1.54, 1.807) is 0 Å². The number of hydrogen-bond donors (Lipinski definition) is 1. The van der Waals surface area contributed by atoms with E-state index in [1.165, 1.54) is 12.1 Å². The van der Waals surface area contributed by atoms with E-state index in [-0.39, 0.29) is 5.54 Å². The van der Waals surface area contributed by atoms with Crippen molar-refractivity contribution in [2.45, 2.75) is 72.6 Å². The van der Waals surface area contributed by atoms with Crippen LogP contribution in [0.5, 0.6) is 0 Å². The van der Waals surface area contributed by atoms with Gasteiger partial charge in [0.15, 0.2) is 0 Å². The van der Waals surface area contributed by atoms with E-state index >= 15 is 0 Å². The summed E-state index contributed by atoms with van der Waals surface area (Å²) < 4.78 is 2.15. The largest absolute Gasteiger partial charge is 0.311 e. The van der Waals surface area contributed by atoms with Gasteiger partial charge in [-0.1, -0.05) is 20.8 Å². The molecule has 21 heavy (non-hydrogen) atoms. The van der Waals surface area contributed by atoms with Gasteiger partial charge in [0, 0.05) is 37.8 Å². The fourth-order valence-electron chi connectivity index (χ4n) is 3.23. The minimum absolute atomic E-state index is 0.238. The molecule has 1 aliphatic rings. The molecule has 1 aliphatic heterocycles. The Kier molecular flexibility index (Phi) is 5.10. The minimum Gasteiger partial charge on any atom is -0.311 e. The predicted molar refractivity (Wildman–Crippen MR) is 88.4 cm³/mol. The highest BCUT2D eigenvalue weighted by molar-refractivity contribution is 5.10. The maximum atomic E-state index is 4.60. The first-order chi connectivity index (χ1) is 9.89. The third-order valence-corrected chi connectivity index (χ3v) is 5.13. The van der Waals surface area contributed by atoms with Crippen molar-refractivity contribution in [1.29, 1.82) is 0 Å². The molecule has 1 aromatic rings. The molecule has 2 heterocycles. The third kappa shape index (κ3) is 3.49. The number of aromatic nitrogens is 2. The van der Waals surface area contributed by atoms with Gasteiger partial charge in [0.05, 0.1) is 11.4 Å². The molecule has 2 atom stereocenters. The monoisotopic (exact) mass is 292 g/mol. The molecule has 1 aromatic heterocycles. The van der Waals surface area contributed by atoms with Crippen LogP contribution >= 0.6 is 0 Å². The zero-order valence-electron chi connectivity index (χ0n) is 14.6.